The molecule has 0 saturated carbocycles. The lowest BCUT2D eigenvalue weighted by Gasteiger charge is -2.03. The minimum atomic E-state index is -0.170. The van der Waals surface area contributed by atoms with E-state index in [-0.39, 0.29) is 5.97 Å². The number of allylic oxidation sites excluding steroid dienone is 1. The molecule has 1 rings (SSSR count). The summed E-state index contributed by atoms with van der Waals surface area (Å²) in [5.41, 5.74) is 0.836. The van der Waals surface area contributed by atoms with Gasteiger partial charge in [-0.1, -0.05) is 28.7 Å². The second-order valence-corrected chi connectivity index (χ2v) is 3.70. The van der Waals surface area contributed by atoms with E-state index in [1.165, 1.54) is 7.11 Å². The van der Waals surface area contributed by atoms with Crippen LogP contribution in [-0.2, 0) is 9.53 Å². The molecule has 0 spiro atoms. The summed E-state index contributed by atoms with van der Waals surface area (Å²) in [4.78, 5) is 10.9. The average Bonchev–Trinajstić information content (AvgIpc) is 2.34. The van der Waals surface area contributed by atoms with Gasteiger partial charge in [0.05, 0.1) is 7.11 Å². The third kappa shape index (κ3) is 1.51. The molecule has 2 nitrogen and oxygen atoms in total. The minimum Gasteiger partial charge on any atom is -0.466 e. The number of ether oxygens (including phenoxy) is 1. The quantitative estimate of drug-likeness (QED) is 0.403. The molecule has 0 aromatic heterocycles. The zero-order valence-corrected chi connectivity index (χ0v) is 7.92. The van der Waals surface area contributed by atoms with Crippen molar-refractivity contribution in [1.82, 2.24) is 0 Å². The first-order valence-corrected chi connectivity index (χ1v) is 4.42. The summed E-state index contributed by atoms with van der Waals surface area (Å²) in [6, 6.07) is 0. The molecule has 0 aliphatic heterocycles. The first-order chi connectivity index (χ1) is 4.75. The van der Waals surface area contributed by atoms with E-state index in [0.717, 1.165) is 18.4 Å². The molecular weight excluding hydrogens is 243 g/mol. The van der Waals surface area contributed by atoms with E-state index < -0.39 is 0 Å². The number of rotatable bonds is 1. The highest BCUT2D eigenvalue weighted by molar-refractivity contribution is 14.1. The van der Waals surface area contributed by atoms with Crippen molar-refractivity contribution in [2.24, 2.45) is 0 Å². The highest BCUT2D eigenvalue weighted by Crippen LogP contribution is 2.26. The largest absolute Gasteiger partial charge is 0.466 e. The summed E-state index contributed by atoms with van der Waals surface area (Å²) in [5.74, 6) is -0.170. The number of carbonyl (C=O) groups excluding carboxylic acids is 1. The lowest BCUT2D eigenvalue weighted by molar-refractivity contribution is -0.136. The first kappa shape index (κ1) is 8.04. The Balaban J connectivity index is 2.63. The van der Waals surface area contributed by atoms with Gasteiger partial charge in [-0.15, -0.1) is 0 Å². The van der Waals surface area contributed by atoms with Gasteiger partial charge in [0.15, 0.2) is 0 Å². The van der Waals surface area contributed by atoms with Gasteiger partial charge in [0.25, 0.3) is 0 Å². The zero-order valence-electron chi connectivity index (χ0n) is 5.76. The van der Waals surface area contributed by atoms with E-state index in [0.29, 0.717) is 3.92 Å². The van der Waals surface area contributed by atoms with Crippen molar-refractivity contribution in [2.45, 2.75) is 16.8 Å². The molecule has 0 aromatic rings. The molecule has 0 heterocycles. The van der Waals surface area contributed by atoms with Gasteiger partial charge in [-0.05, 0) is 12.8 Å². The number of esters is 1. The molecule has 0 fully saturated rings. The summed E-state index contributed by atoms with van der Waals surface area (Å²) in [7, 11) is 1.42. The second-order valence-electron chi connectivity index (χ2n) is 2.20. The number of carbonyl (C=O) groups is 1. The van der Waals surface area contributed by atoms with E-state index in [1.807, 2.05) is 6.08 Å². The van der Waals surface area contributed by atoms with Crippen molar-refractivity contribution in [2.75, 3.05) is 7.11 Å². The number of hydrogen-bond acceptors (Lipinski definition) is 2. The molecule has 1 atom stereocenters. The topological polar surface area (TPSA) is 26.3 Å². The van der Waals surface area contributed by atoms with Gasteiger partial charge in [-0.2, -0.15) is 0 Å². The standard InChI is InChI=1S/C7H9IO2/c1-10-7(9)5-3-2-4-6(5)8/h3,6H,2,4H2,1H3/t6-/m0/s1. The van der Waals surface area contributed by atoms with E-state index in [9.17, 15) is 4.79 Å². The van der Waals surface area contributed by atoms with Gasteiger partial charge in [0, 0.05) is 9.50 Å². The molecule has 10 heavy (non-hydrogen) atoms. The van der Waals surface area contributed by atoms with Crippen LogP contribution < -0.4 is 0 Å². The smallest absolute Gasteiger partial charge is 0.334 e. The number of methoxy groups -OCH3 is 1. The Morgan fingerprint density at radius 2 is 2.60 bits per heavy atom. The summed E-state index contributed by atoms with van der Waals surface area (Å²) in [5, 5.41) is 0. The maximum absolute atomic E-state index is 10.9. The first-order valence-electron chi connectivity index (χ1n) is 3.18. The van der Waals surface area contributed by atoms with Crippen LogP contribution in [0.15, 0.2) is 11.6 Å². The molecule has 0 N–H and O–H groups in total. The summed E-state index contributed by atoms with van der Waals surface area (Å²) in [6.45, 7) is 0. The van der Waals surface area contributed by atoms with Crippen molar-refractivity contribution in [3.8, 4) is 0 Å². The van der Waals surface area contributed by atoms with Crippen LogP contribution in [0.25, 0.3) is 0 Å². The van der Waals surface area contributed by atoms with Crippen LogP contribution in [0.4, 0.5) is 0 Å². The third-order valence-corrected chi connectivity index (χ3v) is 2.84. The van der Waals surface area contributed by atoms with E-state index in [4.69, 9.17) is 0 Å². The minimum absolute atomic E-state index is 0.170. The van der Waals surface area contributed by atoms with Gasteiger partial charge in [-0.25, -0.2) is 4.79 Å². The molecule has 0 bridgehead atoms. The summed E-state index contributed by atoms with van der Waals surface area (Å²) >= 11 is 2.26. The molecule has 3 heteroatoms. The predicted molar refractivity (Wildman–Crippen MR) is 47.1 cm³/mol. The van der Waals surface area contributed by atoms with Crippen LogP contribution in [0.2, 0.25) is 0 Å². The molecular formula is C7H9IO2. The SMILES string of the molecule is COC(=O)C1=CCC[C@@H]1I. The van der Waals surface area contributed by atoms with Crippen LogP contribution in [0.3, 0.4) is 0 Å². The Morgan fingerprint density at radius 1 is 1.90 bits per heavy atom. The number of alkyl halides is 1. The van der Waals surface area contributed by atoms with Crippen molar-refractivity contribution < 1.29 is 9.53 Å². The lowest BCUT2D eigenvalue weighted by atomic mass is 10.2. The van der Waals surface area contributed by atoms with Crippen LogP contribution >= 0.6 is 22.6 Å². The Bertz CT molecular complexity index is 174. The average molecular weight is 252 g/mol. The fraction of sp³-hybridized carbons (Fsp3) is 0.571. The van der Waals surface area contributed by atoms with Gasteiger partial charge in [0.2, 0.25) is 0 Å². The molecule has 56 valence electrons. The highest BCUT2D eigenvalue weighted by Gasteiger charge is 2.22. The van der Waals surface area contributed by atoms with Crippen molar-refractivity contribution in [3.63, 3.8) is 0 Å². The van der Waals surface area contributed by atoms with Gasteiger partial charge in [0.1, 0.15) is 0 Å². The van der Waals surface area contributed by atoms with E-state index in [2.05, 4.69) is 27.3 Å². The van der Waals surface area contributed by atoms with E-state index in [1.54, 1.807) is 0 Å². The Morgan fingerprint density at radius 3 is 3.00 bits per heavy atom. The van der Waals surface area contributed by atoms with Gasteiger partial charge in [-0.3, -0.25) is 0 Å². The maximum Gasteiger partial charge on any atom is 0.334 e. The van der Waals surface area contributed by atoms with Gasteiger partial charge >= 0.3 is 5.97 Å². The Labute approximate surface area is 73.8 Å². The fourth-order valence-electron chi connectivity index (χ4n) is 0.998. The zero-order chi connectivity index (χ0) is 7.56. The number of hydrogen-bond donors (Lipinski definition) is 0. The molecule has 0 amide bonds. The normalized spacial score (nSPS) is 24.2. The van der Waals surface area contributed by atoms with Crippen LogP contribution in [0, 0.1) is 0 Å². The highest BCUT2D eigenvalue weighted by atomic mass is 127. The molecule has 0 radical (unpaired) electrons. The summed E-state index contributed by atoms with van der Waals surface area (Å²) < 4.78 is 4.96. The molecule has 0 saturated heterocycles. The molecule has 0 aromatic carbocycles. The molecule has 1 aliphatic carbocycles. The van der Waals surface area contributed by atoms with Crippen LogP contribution in [-0.4, -0.2) is 17.0 Å². The predicted octanol–water partition coefficient (Wildman–Crippen LogP) is 1.68. The monoisotopic (exact) mass is 252 g/mol. The van der Waals surface area contributed by atoms with Crippen molar-refractivity contribution in [1.29, 1.82) is 0 Å². The third-order valence-electron chi connectivity index (χ3n) is 1.54. The maximum atomic E-state index is 10.9. The van der Waals surface area contributed by atoms with Crippen molar-refractivity contribution in [3.05, 3.63) is 11.6 Å². The Kier molecular flexibility index (Phi) is 2.71. The van der Waals surface area contributed by atoms with Crippen molar-refractivity contribution >= 4 is 28.6 Å². The number of halogens is 1. The van der Waals surface area contributed by atoms with Crippen LogP contribution in [0.5, 0.6) is 0 Å². The molecule has 1 aliphatic rings. The fourth-order valence-corrected chi connectivity index (χ4v) is 1.87. The van der Waals surface area contributed by atoms with Crippen LogP contribution in [0.1, 0.15) is 12.8 Å². The molecule has 0 unspecified atom stereocenters. The van der Waals surface area contributed by atoms with E-state index >= 15 is 0 Å². The summed E-state index contributed by atoms with van der Waals surface area (Å²) in [6.07, 6.45) is 4.05. The Hall–Kier alpha value is -0.0600. The second kappa shape index (κ2) is 3.37. The lowest BCUT2D eigenvalue weighted by Crippen LogP contribution is -2.09. The van der Waals surface area contributed by atoms with Gasteiger partial charge < -0.3 is 4.74 Å².